The Morgan fingerprint density at radius 3 is 2.36 bits per heavy atom. The molecule has 1 N–H and O–H groups in total. The molecular formula is C12H19NS. The molecule has 0 fully saturated rings. The fourth-order valence-electron chi connectivity index (χ4n) is 1.19. The van der Waals surface area contributed by atoms with Crippen LogP contribution >= 0.6 is 11.8 Å². The van der Waals surface area contributed by atoms with Crippen molar-refractivity contribution in [3.05, 3.63) is 29.8 Å². The second-order valence-electron chi connectivity index (χ2n) is 3.61. The molecule has 0 aliphatic heterocycles. The molecule has 0 heterocycles. The Hall–Kier alpha value is -0.470. The monoisotopic (exact) mass is 209 g/mol. The van der Waals surface area contributed by atoms with E-state index >= 15 is 0 Å². The number of nitrogens with one attached hydrogen (secondary N) is 1. The molecule has 78 valence electrons. The van der Waals surface area contributed by atoms with Crippen LogP contribution in [0, 0.1) is 0 Å². The second kappa shape index (κ2) is 6.10. The number of thioether (sulfide) groups is 1. The van der Waals surface area contributed by atoms with Gasteiger partial charge in [-0.2, -0.15) is 0 Å². The van der Waals surface area contributed by atoms with E-state index in [1.807, 2.05) is 11.8 Å². The van der Waals surface area contributed by atoms with Gasteiger partial charge in [-0.15, -0.1) is 11.8 Å². The second-order valence-corrected chi connectivity index (χ2v) is 4.95. The molecule has 0 atom stereocenters. The van der Waals surface area contributed by atoms with Crippen LogP contribution in [0.2, 0.25) is 0 Å². The van der Waals surface area contributed by atoms with Gasteiger partial charge in [0.05, 0.1) is 0 Å². The van der Waals surface area contributed by atoms with E-state index in [1.54, 1.807) is 0 Å². The van der Waals surface area contributed by atoms with Crippen LogP contribution in [0.15, 0.2) is 29.2 Å². The topological polar surface area (TPSA) is 12.0 Å². The van der Waals surface area contributed by atoms with Crippen LogP contribution in [0.25, 0.3) is 0 Å². The molecule has 0 bridgehead atoms. The predicted octanol–water partition coefficient (Wildman–Crippen LogP) is 3.30. The quantitative estimate of drug-likeness (QED) is 0.747. The van der Waals surface area contributed by atoms with Gasteiger partial charge in [0.25, 0.3) is 0 Å². The third-order valence-corrected chi connectivity index (χ3v) is 2.84. The molecule has 0 aliphatic rings. The SMILES string of the molecule is CCSc1ccc(CNC(C)C)cc1. The molecule has 0 saturated heterocycles. The zero-order valence-electron chi connectivity index (χ0n) is 9.21. The lowest BCUT2D eigenvalue weighted by molar-refractivity contribution is 0.588. The molecule has 0 radical (unpaired) electrons. The van der Waals surface area contributed by atoms with E-state index in [4.69, 9.17) is 0 Å². The third kappa shape index (κ3) is 4.16. The highest BCUT2D eigenvalue weighted by Gasteiger charge is 1.95. The Kier molecular flexibility index (Phi) is 5.05. The average molecular weight is 209 g/mol. The van der Waals surface area contributed by atoms with E-state index in [-0.39, 0.29) is 0 Å². The summed E-state index contributed by atoms with van der Waals surface area (Å²) in [5.74, 6) is 1.14. The molecule has 1 aromatic rings. The molecule has 0 saturated carbocycles. The predicted molar refractivity (Wildman–Crippen MR) is 64.8 cm³/mol. The maximum absolute atomic E-state index is 3.41. The first kappa shape index (κ1) is 11.6. The van der Waals surface area contributed by atoms with E-state index in [9.17, 15) is 0 Å². The Bertz CT molecular complexity index is 254. The van der Waals surface area contributed by atoms with Gasteiger partial charge in [-0.05, 0) is 23.4 Å². The summed E-state index contributed by atoms with van der Waals surface area (Å²) in [6, 6.07) is 9.36. The molecule has 1 rings (SSSR count). The number of benzene rings is 1. The van der Waals surface area contributed by atoms with Crippen molar-refractivity contribution in [2.75, 3.05) is 5.75 Å². The van der Waals surface area contributed by atoms with Crippen LogP contribution in [0.5, 0.6) is 0 Å². The smallest absolute Gasteiger partial charge is 0.0207 e. The van der Waals surface area contributed by atoms with Crippen LogP contribution in [0.3, 0.4) is 0 Å². The fourth-order valence-corrected chi connectivity index (χ4v) is 1.85. The summed E-state index contributed by atoms with van der Waals surface area (Å²) in [6.45, 7) is 7.48. The van der Waals surface area contributed by atoms with Gasteiger partial charge >= 0.3 is 0 Å². The third-order valence-electron chi connectivity index (χ3n) is 1.95. The lowest BCUT2D eigenvalue weighted by atomic mass is 10.2. The first-order valence-electron chi connectivity index (χ1n) is 5.17. The molecule has 0 aliphatic carbocycles. The van der Waals surface area contributed by atoms with Gasteiger partial charge in [0, 0.05) is 17.5 Å². The van der Waals surface area contributed by atoms with Crippen LogP contribution in [-0.4, -0.2) is 11.8 Å². The summed E-state index contributed by atoms with van der Waals surface area (Å²) in [4.78, 5) is 1.36. The van der Waals surface area contributed by atoms with Crippen molar-refractivity contribution in [3.8, 4) is 0 Å². The minimum atomic E-state index is 0.555. The van der Waals surface area contributed by atoms with E-state index in [1.165, 1.54) is 10.5 Å². The van der Waals surface area contributed by atoms with Gasteiger partial charge in [0.15, 0.2) is 0 Å². The number of rotatable bonds is 5. The standard InChI is InChI=1S/C12H19NS/c1-4-14-12-7-5-11(6-8-12)9-13-10(2)3/h5-8,10,13H,4,9H2,1-3H3. The van der Waals surface area contributed by atoms with Gasteiger partial charge in [-0.25, -0.2) is 0 Å². The highest BCUT2D eigenvalue weighted by Crippen LogP contribution is 2.17. The summed E-state index contributed by atoms with van der Waals surface area (Å²) in [5.41, 5.74) is 1.36. The van der Waals surface area contributed by atoms with Crippen LogP contribution in [-0.2, 0) is 6.54 Å². The van der Waals surface area contributed by atoms with Gasteiger partial charge in [0.2, 0.25) is 0 Å². The number of hydrogen-bond acceptors (Lipinski definition) is 2. The Morgan fingerprint density at radius 2 is 1.86 bits per heavy atom. The van der Waals surface area contributed by atoms with E-state index in [2.05, 4.69) is 50.4 Å². The molecule has 0 aromatic heterocycles. The minimum Gasteiger partial charge on any atom is -0.310 e. The molecule has 1 aromatic carbocycles. The zero-order chi connectivity index (χ0) is 10.4. The molecule has 2 heteroatoms. The van der Waals surface area contributed by atoms with Gasteiger partial charge in [0.1, 0.15) is 0 Å². The molecule has 0 spiro atoms. The van der Waals surface area contributed by atoms with E-state index in [0.717, 1.165) is 12.3 Å². The first-order chi connectivity index (χ1) is 6.72. The van der Waals surface area contributed by atoms with Crippen molar-refractivity contribution in [1.82, 2.24) is 5.32 Å². The van der Waals surface area contributed by atoms with Crippen molar-refractivity contribution in [3.63, 3.8) is 0 Å². The summed E-state index contributed by atoms with van der Waals surface area (Å²) in [7, 11) is 0. The van der Waals surface area contributed by atoms with Crippen LogP contribution in [0.4, 0.5) is 0 Å². The minimum absolute atomic E-state index is 0.555. The maximum Gasteiger partial charge on any atom is 0.0207 e. The molecule has 14 heavy (non-hydrogen) atoms. The highest BCUT2D eigenvalue weighted by atomic mass is 32.2. The fraction of sp³-hybridized carbons (Fsp3) is 0.500. The molecule has 0 amide bonds. The van der Waals surface area contributed by atoms with Gasteiger partial charge in [-0.3, -0.25) is 0 Å². The normalized spacial score (nSPS) is 10.9. The highest BCUT2D eigenvalue weighted by molar-refractivity contribution is 7.99. The van der Waals surface area contributed by atoms with Crippen molar-refractivity contribution < 1.29 is 0 Å². The van der Waals surface area contributed by atoms with Crippen molar-refractivity contribution in [2.45, 2.75) is 38.3 Å². The van der Waals surface area contributed by atoms with E-state index < -0.39 is 0 Å². The van der Waals surface area contributed by atoms with Crippen molar-refractivity contribution in [1.29, 1.82) is 0 Å². The van der Waals surface area contributed by atoms with Gasteiger partial charge < -0.3 is 5.32 Å². The van der Waals surface area contributed by atoms with Crippen molar-refractivity contribution >= 4 is 11.8 Å². The zero-order valence-corrected chi connectivity index (χ0v) is 10.0. The van der Waals surface area contributed by atoms with Crippen LogP contribution < -0.4 is 5.32 Å². The average Bonchev–Trinajstić information content (AvgIpc) is 2.17. The summed E-state index contributed by atoms with van der Waals surface area (Å²) >= 11 is 1.89. The Balaban J connectivity index is 2.46. The Morgan fingerprint density at radius 1 is 1.21 bits per heavy atom. The largest absolute Gasteiger partial charge is 0.310 e. The van der Waals surface area contributed by atoms with Crippen LogP contribution in [0.1, 0.15) is 26.3 Å². The Labute approximate surface area is 91.3 Å². The maximum atomic E-state index is 3.41. The molecular weight excluding hydrogens is 190 g/mol. The summed E-state index contributed by atoms with van der Waals surface area (Å²) in [6.07, 6.45) is 0. The first-order valence-corrected chi connectivity index (χ1v) is 6.16. The number of hydrogen-bond donors (Lipinski definition) is 1. The lowest BCUT2D eigenvalue weighted by Gasteiger charge is -2.08. The van der Waals surface area contributed by atoms with E-state index in [0.29, 0.717) is 6.04 Å². The molecule has 1 nitrogen and oxygen atoms in total. The lowest BCUT2D eigenvalue weighted by Crippen LogP contribution is -2.21. The molecule has 0 unspecified atom stereocenters. The summed E-state index contributed by atoms with van der Waals surface area (Å²) in [5, 5.41) is 3.41. The van der Waals surface area contributed by atoms with Gasteiger partial charge in [-0.1, -0.05) is 32.9 Å². The van der Waals surface area contributed by atoms with Crippen molar-refractivity contribution in [2.24, 2.45) is 0 Å². The summed E-state index contributed by atoms with van der Waals surface area (Å²) < 4.78 is 0.